The zero-order chi connectivity index (χ0) is 19.6. The summed E-state index contributed by atoms with van der Waals surface area (Å²) in [4.78, 5) is 64.9. The lowest BCUT2D eigenvalue weighted by atomic mass is 10.0. The molecule has 0 bridgehead atoms. The van der Waals surface area contributed by atoms with Crippen molar-refractivity contribution in [1.82, 2.24) is 20.6 Å². The van der Waals surface area contributed by atoms with Gasteiger partial charge in [0.15, 0.2) is 0 Å². The maximum absolute atomic E-state index is 12.1. The van der Waals surface area contributed by atoms with Gasteiger partial charge in [0.25, 0.3) is 11.5 Å². The molecule has 1 aliphatic rings. The van der Waals surface area contributed by atoms with E-state index in [1.807, 2.05) is 10.3 Å². The number of carbonyl (C=O) groups excluding carboxylic acids is 3. The summed E-state index contributed by atoms with van der Waals surface area (Å²) in [5.74, 6) is -1.53. The lowest BCUT2D eigenvalue weighted by Crippen LogP contribution is -2.37. The van der Waals surface area contributed by atoms with Crippen LogP contribution in [-0.4, -0.2) is 39.1 Å². The molecule has 0 atom stereocenters. The van der Waals surface area contributed by atoms with Crippen molar-refractivity contribution in [2.45, 2.75) is 0 Å². The molecule has 0 saturated heterocycles. The average Bonchev–Trinajstić information content (AvgIpc) is 2.92. The van der Waals surface area contributed by atoms with Gasteiger partial charge in [0.1, 0.15) is 5.56 Å². The van der Waals surface area contributed by atoms with E-state index in [1.54, 1.807) is 29.6 Å². The highest BCUT2D eigenvalue weighted by atomic mass is 16.3. The van der Waals surface area contributed by atoms with Gasteiger partial charge < -0.3 is 5.11 Å². The minimum absolute atomic E-state index is 0.0389. The highest BCUT2D eigenvalue weighted by Crippen LogP contribution is 2.31. The first-order valence-electron chi connectivity index (χ1n) is 7.42. The third kappa shape index (κ3) is 3.42. The number of benzene rings is 1. The average molecular weight is 369 g/mol. The van der Waals surface area contributed by atoms with Crippen molar-refractivity contribution in [3.8, 4) is 5.88 Å². The van der Waals surface area contributed by atoms with Crippen LogP contribution in [0.5, 0.6) is 5.88 Å². The Morgan fingerprint density at radius 2 is 1.81 bits per heavy atom. The van der Waals surface area contributed by atoms with Crippen LogP contribution in [0.2, 0.25) is 0 Å². The maximum Gasteiger partial charge on any atom is 0.328 e. The minimum atomic E-state index is -1.02. The second-order valence-corrected chi connectivity index (χ2v) is 5.25. The van der Waals surface area contributed by atoms with Crippen LogP contribution in [0.25, 0.3) is 5.70 Å². The summed E-state index contributed by atoms with van der Waals surface area (Å²) in [6.07, 6.45) is 1.11. The summed E-state index contributed by atoms with van der Waals surface area (Å²) in [7, 11) is 0. The molecule has 0 saturated carbocycles. The van der Waals surface area contributed by atoms with Crippen molar-refractivity contribution >= 4 is 29.8 Å². The molecule has 27 heavy (non-hydrogen) atoms. The van der Waals surface area contributed by atoms with Gasteiger partial charge in [-0.25, -0.2) is 14.6 Å². The van der Waals surface area contributed by atoms with Crippen molar-refractivity contribution in [2.24, 2.45) is 4.99 Å². The molecule has 5 N–H and O–H groups in total. The van der Waals surface area contributed by atoms with Crippen LogP contribution in [-0.2, 0) is 9.59 Å². The largest absolute Gasteiger partial charge is 0.494 e. The van der Waals surface area contributed by atoms with Crippen molar-refractivity contribution in [1.29, 1.82) is 0 Å². The Bertz CT molecular complexity index is 1140. The van der Waals surface area contributed by atoms with E-state index in [9.17, 15) is 29.1 Å². The van der Waals surface area contributed by atoms with Crippen LogP contribution >= 0.6 is 0 Å². The molecule has 0 spiro atoms. The molecule has 0 radical (unpaired) electrons. The molecule has 0 fully saturated rings. The number of nitrogens with zero attached hydrogens (tertiary/aromatic N) is 1. The minimum Gasteiger partial charge on any atom is -0.494 e. The van der Waals surface area contributed by atoms with Gasteiger partial charge in [-0.1, -0.05) is 24.3 Å². The number of urea groups is 1. The summed E-state index contributed by atoms with van der Waals surface area (Å²) in [5, 5.41) is 13.6. The molecule has 136 valence electrons. The predicted molar refractivity (Wildman–Crippen MR) is 92.1 cm³/mol. The Balaban J connectivity index is 2.08. The first-order chi connectivity index (χ1) is 12.9. The molecular formula is C16H11N5O6. The van der Waals surface area contributed by atoms with Gasteiger partial charge >= 0.3 is 11.7 Å². The Labute approximate surface area is 149 Å². The fourth-order valence-corrected chi connectivity index (χ4v) is 2.51. The van der Waals surface area contributed by atoms with Crippen LogP contribution in [0.1, 0.15) is 16.7 Å². The summed E-state index contributed by atoms with van der Waals surface area (Å²) in [5.41, 5.74) is -0.973. The van der Waals surface area contributed by atoms with E-state index in [2.05, 4.69) is 9.98 Å². The predicted octanol–water partition coefficient (Wildman–Crippen LogP) is -1.06. The van der Waals surface area contributed by atoms with Crippen molar-refractivity contribution in [3.05, 3.63) is 67.9 Å². The summed E-state index contributed by atoms with van der Waals surface area (Å²) in [6.45, 7) is 0. The number of hydrogen-bond donors (Lipinski definition) is 5. The van der Waals surface area contributed by atoms with Gasteiger partial charge in [0.2, 0.25) is 12.3 Å². The zero-order valence-corrected chi connectivity index (χ0v) is 13.4. The van der Waals surface area contributed by atoms with Gasteiger partial charge in [-0.3, -0.25) is 35.0 Å². The van der Waals surface area contributed by atoms with E-state index >= 15 is 0 Å². The highest BCUT2D eigenvalue weighted by Gasteiger charge is 2.26. The smallest absolute Gasteiger partial charge is 0.328 e. The van der Waals surface area contributed by atoms with E-state index < -0.39 is 29.1 Å². The summed E-state index contributed by atoms with van der Waals surface area (Å²) < 4.78 is 0. The number of H-pyrrole nitrogens is 2. The molecule has 2 aromatic rings. The van der Waals surface area contributed by atoms with E-state index in [0.717, 1.165) is 6.08 Å². The number of fused-ring (bicyclic) bond motifs is 1. The number of rotatable bonds is 3. The van der Waals surface area contributed by atoms with Gasteiger partial charge in [0, 0.05) is 17.2 Å². The van der Waals surface area contributed by atoms with Crippen LogP contribution in [0, 0.1) is 0 Å². The van der Waals surface area contributed by atoms with Crippen molar-refractivity contribution in [2.75, 3.05) is 0 Å². The monoisotopic (exact) mass is 369 g/mol. The lowest BCUT2D eigenvalue weighted by Gasteiger charge is -2.04. The highest BCUT2D eigenvalue weighted by molar-refractivity contribution is 6.22. The van der Waals surface area contributed by atoms with Crippen LogP contribution < -0.4 is 21.9 Å². The fourth-order valence-electron chi connectivity index (χ4n) is 2.51. The van der Waals surface area contributed by atoms with Gasteiger partial charge in [0.05, 0.1) is 11.4 Å². The molecule has 11 heteroatoms. The standard InChI is InChI=1S/C16H11N5O6/c22-6-17-15(26)19-10(23)5-9-7-3-1-2-4-8(7)12(18-9)11-13(24)20-16(27)21-14(11)25/h1-6H,(H2,17,19,22,23,26)(H3,20,21,24,25,27)/b9-5-. The number of imide groups is 2. The maximum atomic E-state index is 12.1. The van der Waals surface area contributed by atoms with E-state index in [-0.39, 0.29) is 23.4 Å². The number of hydrogen-bond acceptors (Lipinski definition) is 7. The Hall–Kier alpha value is -4.28. The molecule has 1 aromatic carbocycles. The van der Waals surface area contributed by atoms with Gasteiger partial charge in [-0.2, -0.15) is 0 Å². The summed E-state index contributed by atoms with van der Waals surface area (Å²) >= 11 is 0. The Morgan fingerprint density at radius 3 is 2.48 bits per heavy atom. The summed E-state index contributed by atoms with van der Waals surface area (Å²) in [6, 6.07) is 5.53. The van der Waals surface area contributed by atoms with Crippen LogP contribution in [0.3, 0.4) is 0 Å². The third-order valence-electron chi connectivity index (χ3n) is 3.54. The number of carbonyl (C=O) groups is 3. The fraction of sp³-hybridized carbons (Fsp3) is 0. The SMILES string of the molecule is O=CNC(=O)NC(=O)/C=C1\N=C(c2c(O)[nH]c(=O)[nH]c2=O)c2ccccc21. The first-order valence-corrected chi connectivity index (χ1v) is 7.42. The molecule has 0 unspecified atom stereocenters. The van der Waals surface area contributed by atoms with Crippen LogP contribution in [0.4, 0.5) is 4.79 Å². The normalized spacial score (nSPS) is 13.6. The number of aromatic hydroxyl groups is 1. The van der Waals surface area contributed by atoms with E-state index in [0.29, 0.717) is 11.1 Å². The van der Waals surface area contributed by atoms with Gasteiger partial charge in [-0.05, 0) is 0 Å². The van der Waals surface area contributed by atoms with Gasteiger partial charge in [-0.15, -0.1) is 0 Å². The Kier molecular flexibility index (Phi) is 4.49. The van der Waals surface area contributed by atoms with E-state index in [1.165, 1.54) is 0 Å². The van der Waals surface area contributed by atoms with E-state index in [4.69, 9.17) is 0 Å². The molecule has 3 rings (SSSR count). The third-order valence-corrected chi connectivity index (χ3v) is 3.54. The van der Waals surface area contributed by atoms with Crippen molar-refractivity contribution in [3.63, 3.8) is 0 Å². The second kappa shape index (κ2) is 6.92. The molecule has 11 nitrogen and oxygen atoms in total. The second-order valence-electron chi connectivity index (χ2n) is 5.25. The first kappa shape index (κ1) is 17.5. The number of amides is 4. The lowest BCUT2D eigenvalue weighted by molar-refractivity contribution is -0.115. The molecule has 1 aromatic heterocycles. The quantitative estimate of drug-likeness (QED) is 0.341. The number of aromatic amines is 2. The number of aromatic nitrogens is 2. The van der Waals surface area contributed by atoms with Crippen LogP contribution in [0.15, 0.2) is 44.9 Å². The molecule has 0 aliphatic carbocycles. The number of aliphatic imine (C=N–C) groups is 1. The zero-order valence-electron chi connectivity index (χ0n) is 13.4. The molecule has 4 amide bonds. The molecule has 2 heterocycles. The Morgan fingerprint density at radius 1 is 1.11 bits per heavy atom. The topological polar surface area (TPSA) is 174 Å². The van der Waals surface area contributed by atoms with Crippen molar-refractivity contribution < 1.29 is 19.5 Å². The molecular weight excluding hydrogens is 358 g/mol. The molecule has 1 aliphatic heterocycles. The number of nitrogens with one attached hydrogen (secondary N) is 4.